The quantitative estimate of drug-likeness (QED) is 0.554. The van der Waals surface area contributed by atoms with E-state index in [1.807, 2.05) is 13.8 Å². The fraction of sp³-hybridized carbons (Fsp3) is 0.583. The van der Waals surface area contributed by atoms with Crippen LogP contribution in [0.3, 0.4) is 0 Å². The molecule has 0 saturated heterocycles. The fourth-order valence-corrected chi connectivity index (χ4v) is 1.61. The molecule has 0 spiro atoms. The van der Waals surface area contributed by atoms with Crippen molar-refractivity contribution in [1.29, 1.82) is 0 Å². The molecule has 1 aromatic heterocycles. The van der Waals surface area contributed by atoms with E-state index in [-0.39, 0.29) is 5.69 Å². The average molecular weight is 268 g/mol. The summed E-state index contributed by atoms with van der Waals surface area (Å²) in [5.41, 5.74) is 0.0212. The molecular weight excluding hydrogens is 248 g/mol. The first-order valence-electron chi connectivity index (χ1n) is 6.20. The molecule has 1 aromatic rings. The van der Waals surface area contributed by atoms with Crippen LogP contribution in [0, 0.1) is 16.0 Å². The van der Waals surface area contributed by atoms with Crippen molar-refractivity contribution in [3.63, 3.8) is 0 Å². The van der Waals surface area contributed by atoms with E-state index in [4.69, 9.17) is 4.74 Å². The van der Waals surface area contributed by atoms with E-state index in [0.717, 1.165) is 0 Å². The van der Waals surface area contributed by atoms with Gasteiger partial charge in [0.05, 0.1) is 23.7 Å². The van der Waals surface area contributed by atoms with Gasteiger partial charge in [0, 0.05) is 20.2 Å². The van der Waals surface area contributed by atoms with Gasteiger partial charge in [-0.3, -0.25) is 10.1 Å². The van der Waals surface area contributed by atoms with Gasteiger partial charge in [0.15, 0.2) is 0 Å². The molecular formula is C12H20N4O3. The van der Waals surface area contributed by atoms with Crippen molar-refractivity contribution in [2.24, 2.45) is 5.92 Å². The summed E-state index contributed by atoms with van der Waals surface area (Å²) in [5, 5.41) is 16.9. The molecule has 7 heteroatoms. The molecule has 0 aliphatic rings. The van der Waals surface area contributed by atoms with Gasteiger partial charge in [0.25, 0.3) is 5.69 Å². The van der Waals surface area contributed by atoms with Gasteiger partial charge in [-0.2, -0.15) is 0 Å². The molecule has 7 nitrogen and oxygen atoms in total. The molecule has 0 bridgehead atoms. The summed E-state index contributed by atoms with van der Waals surface area (Å²) in [7, 11) is 1.64. The molecule has 0 aliphatic carbocycles. The smallest absolute Gasteiger partial charge is 0.276 e. The fourth-order valence-electron chi connectivity index (χ4n) is 1.61. The number of hydrogen-bond donors (Lipinski definition) is 2. The first kappa shape index (κ1) is 15.2. The van der Waals surface area contributed by atoms with Crippen LogP contribution < -0.4 is 10.6 Å². The Hall–Kier alpha value is -1.89. The number of nitrogens with one attached hydrogen (secondary N) is 2. The highest BCUT2D eigenvalue weighted by Gasteiger charge is 2.11. The topological polar surface area (TPSA) is 89.3 Å². The van der Waals surface area contributed by atoms with Crippen LogP contribution in [-0.4, -0.2) is 36.7 Å². The van der Waals surface area contributed by atoms with Crippen molar-refractivity contribution < 1.29 is 9.66 Å². The summed E-state index contributed by atoms with van der Waals surface area (Å²) in [6, 6.07) is 2.85. The second-order valence-electron chi connectivity index (χ2n) is 4.32. The Labute approximate surface area is 112 Å². The molecule has 1 unspecified atom stereocenters. The van der Waals surface area contributed by atoms with Crippen molar-refractivity contribution in [2.45, 2.75) is 13.8 Å². The number of pyridine rings is 1. The first-order valence-corrected chi connectivity index (χ1v) is 6.20. The maximum atomic E-state index is 10.9. The summed E-state index contributed by atoms with van der Waals surface area (Å²) >= 11 is 0. The van der Waals surface area contributed by atoms with Gasteiger partial charge in [-0.1, -0.05) is 6.92 Å². The summed E-state index contributed by atoms with van der Waals surface area (Å²) in [4.78, 5) is 14.7. The Bertz CT molecular complexity index is 425. The Morgan fingerprint density at radius 3 is 2.58 bits per heavy atom. The van der Waals surface area contributed by atoms with Crippen LogP contribution in [0.15, 0.2) is 12.1 Å². The maximum Gasteiger partial charge on any atom is 0.276 e. The number of nitrogens with zero attached hydrogens (tertiary/aromatic N) is 2. The molecule has 1 atom stereocenters. The molecule has 19 heavy (non-hydrogen) atoms. The molecule has 106 valence electrons. The van der Waals surface area contributed by atoms with Gasteiger partial charge < -0.3 is 15.4 Å². The summed E-state index contributed by atoms with van der Waals surface area (Å²) in [5.74, 6) is 1.29. The van der Waals surface area contributed by atoms with Gasteiger partial charge >= 0.3 is 0 Å². The standard InChI is InChI=1S/C12H20N4O3/c1-4-13-11-5-10(16(17)18)6-12(15-11)14-7-9(2)8-19-3/h5-6,9H,4,7-8H2,1-3H3,(H2,13,14,15). The van der Waals surface area contributed by atoms with Crippen LogP contribution in [0.1, 0.15) is 13.8 Å². The van der Waals surface area contributed by atoms with E-state index in [1.54, 1.807) is 7.11 Å². The van der Waals surface area contributed by atoms with Gasteiger partial charge in [-0.15, -0.1) is 0 Å². The third-order valence-electron chi connectivity index (χ3n) is 2.46. The SMILES string of the molecule is CCNc1cc([N+](=O)[O-])cc(NCC(C)COC)n1. The van der Waals surface area contributed by atoms with Gasteiger partial charge in [0.1, 0.15) is 11.6 Å². The zero-order chi connectivity index (χ0) is 14.3. The Morgan fingerprint density at radius 2 is 2.05 bits per heavy atom. The molecule has 2 N–H and O–H groups in total. The lowest BCUT2D eigenvalue weighted by Crippen LogP contribution is -2.16. The lowest BCUT2D eigenvalue weighted by atomic mass is 10.2. The number of methoxy groups -OCH3 is 1. The van der Waals surface area contributed by atoms with Crippen LogP contribution in [0.5, 0.6) is 0 Å². The molecule has 1 rings (SSSR count). The normalized spacial score (nSPS) is 11.9. The van der Waals surface area contributed by atoms with Crippen LogP contribution in [0.25, 0.3) is 0 Å². The molecule has 0 fully saturated rings. The second-order valence-corrected chi connectivity index (χ2v) is 4.32. The molecule has 0 aliphatic heterocycles. The van der Waals surface area contributed by atoms with E-state index in [2.05, 4.69) is 15.6 Å². The Morgan fingerprint density at radius 1 is 1.42 bits per heavy atom. The van der Waals surface area contributed by atoms with Crippen LogP contribution >= 0.6 is 0 Å². The van der Waals surface area contributed by atoms with Gasteiger partial charge in [-0.25, -0.2) is 4.98 Å². The number of anilines is 2. The summed E-state index contributed by atoms with van der Waals surface area (Å²) in [6.45, 7) is 5.87. The zero-order valence-corrected chi connectivity index (χ0v) is 11.5. The highest BCUT2D eigenvalue weighted by Crippen LogP contribution is 2.20. The Kier molecular flexibility index (Phi) is 6.01. The van der Waals surface area contributed by atoms with Crippen LogP contribution in [-0.2, 0) is 4.74 Å². The molecule has 0 saturated carbocycles. The van der Waals surface area contributed by atoms with Gasteiger partial charge in [-0.05, 0) is 12.8 Å². The van der Waals surface area contributed by atoms with Crippen molar-refractivity contribution in [3.05, 3.63) is 22.2 Å². The third-order valence-corrected chi connectivity index (χ3v) is 2.46. The average Bonchev–Trinajstić information content (AvgIpc) is 2.37. The highest BCUT2D eigenvalue weighted by atomic mass is 16.6. The lowest BCUT2D eigenvalue weighted by molar-refractivity contribution is -0.384. The summed E-state index contributed by atoms with van der Waals surface area (Å²) < 4.78 is 5.04. The van der Waals surface area contributed by atoms with Crippen molar-refractivity contribution in [2.75, 3.05) is 37.4 Å². The molecule has 0 amide bonds. The predicted molar refractivity (Wildman–Crippen MR) is 74.6 cm³/mol. The number of hydrogen-bond acceptors (Lipinski definition) is 6. The van der Waals surface area contributed by atoms with E-state index in [1.165, 1.54) is 12.1 Å². The highest BCUT2D eigenvalue weighted by molar-refractivity contribution is 5.54. The largest absolute Gasteiger partial charge is 0.384 e. The van der Waals surface area contributed by atoms with Gasteiger partial charge in [0.2, 0.25) is 0 Å². The van der Waals surface area contributed by atoms with E-state index in [0.29, 0.717) is 37.3 Å². The minimum Gasteiger partial charge on any atom is -0.384 e. The Balaban J connectivity index is 2.78. The number of rotatable bonds is 8. The molecule has 0 aromatic carbocycles. The zero-order valence-electron chi connectivity index (χ0n) is 11.5. The number of aromatic nitrogens is 1. The van der Waals surface area contributed by atoms with E-state index < -0.39 is 4.92 Å². The third kappa shape index (κ3) is 5.09. The minimum atomic E-state index is -0.424. The van der Waals surface area contributed by atoms with Crippen LogP contribution in [0.2, 0.25) is 0 Å². The molecule has 0 radical (unpaired) electrons. The lowest BCUT2D eigenvalue weighted by Gasteiger charge is -2.12. The van der Waals surface area contributed by atoms with E-state index in [9.17, 15) is 10.1 Å². The monoisotopic (exact) mass is 268 g/mol. The van der Waals surface area contributed by atoms with Crippen molar-refractivity contribution in [1.82, 2.24) is 4.98 Å². The van der Waals surface area contributed by atoms with Crippen LogP contribution in [0.4, 0.5) is 17.3 Å². The maximum absolute atomic E-state index is 10.9. The molecule has 1 heterocycles. The second kappa shape index (κ2) is 7.52. The van der Waals surface area contributed by atoms with Crippen molar-refractivity contribution >= 4 is 17.3 Å². The summed E-state index contributed by atoms with van der Waals surface area (Å²) in [6.07, 6.45) is 0. The first-order chi connectivity index (χ1) is 9.06. The predicted octanol–water partition coefficient (Wildman–Crippen LogP) is 2.12. The minimum absolute atomic E-state index is 0.0212. The van der Waals surface area contributed by atoms with Crippen molar-refractivity contribution in [3.8, 4) is 0 Å². The number of ether oxygens (including phenoxy) is 1. The number of nitro groups is 1. The van der Waals surface area contributed by atoms with E-state index >= 15 is 0 Å².